The number of hydrogen-bond donors (Lipinski definition) is 2. The van der Waals surface area contributed by atoms with E-state index in [2.05, 4.69) is 10.5 Å². The van der Waals surface area contributed by atoms with Crippen LogP contribution >= 0.6 is 0 Å². The number of phenols is 1. The second-order valence-corrected chi connectivity index (χ2v) is 6.80. The Morgan fingerprint density at radius 1 is 1.00 bits per heavy atom. The summed E-state index contributed by atoms with van der Waals surface area (Å²) in [6.45, 7) is 5.46. The van der Waals surface area contributed by atoms with Crippen LogP contribution in [0.4, 0.5) is 11.4 Å². The molecule has 0 unspecified atom stereocenters. The van der Waals surface area contributed by atoms with Gasteiger partial charge in [-0.1, -0.05) is 51.1 Å². The minimum absolute atomic E-state index is 0.0180. The van der Waals surface area contributed by atoms with Gasteiger partial charge < -0.3 is 10.4 Å². The third-order valence-electron chi connectivity index (χ3n) is 4.00. The predicted octanol–water partition coefficient (Wildman–Crippen LogP) is 5.08. The van der Waals surface area contributed by atoms with Crippen molar-refractivity contribution in [3.63, 3.8) is 0 Å². The second-order valence-electron chi connectivity index (χ2n) is 6.80. The van der Waals surface area contributed by atoms with Gasteiger partial charge in [0.15, 0.2) is 11.4 Å². The minimum Gasteiger partial charge on any atom is -0.505 e. The van der Waals surface area contributed by atoms with E-state index in [4.69, 9.17) is 0 Å². The molecule has 0 radical (unpaired) electrons. The number of amides is 1. The van der Waals surface area contributed by atoms with Crippen LogP contribution in [0, 0.1) is 10.3 Å². The third-order valence-corrected chi connectivity index (χ3v) is 4.00. The molecule has 0 aliphatic rings. The number of aromatic hydroxyl groups is 1. The average Bonchev–Trinajstić information content (AvgIpc) is 2.54. The number of carbonyl (C=O) groups is 1. The van der Waals surface area contributed by atoms with Crippen molar-refractivity contribution in [3.8, 4) is 5.75 Å². The smallest absolute Gasteiger partial charge is 0.229 e. The molecule has 0 saturated heterocycles. The number of anilines is 1. The summed E-state index contributed by atoms with van der Waals surface area (Å²) in [5.74, 6) is -0.278. The van der Waals surface area contributed by atoms with Crippen molar-refractivity contribution in [1.82, 2.24) is 0 Å². The molecule has 0 bridgehead atoms. The minimum atomic E-state index is -0.535. The van der Waals surface area contributed by atoms with Gasteiger partial charge in [-0.25, -0.2) is 0 Å². The molecule has 0 fully saturated rings. The normalized spacial score (nSPS) is 11.6. The Hall–Kier alpha value is -2.95. The SMILES string of the molecule is CC(C)(C)C(=O)Nc1ccc2c(c1)c(N=O)c(O)c1ccccc12. The summed E-state index contributed by atoms with van der Waals surface area (Å²) in [6.07, 6.45) is 0. The number of fused-ring (bicyclic) bond motifs is 3. The predicted molar refractivity (Wildman–Crippen MR) is 96.7 cm³/mol. The van der Waals surface area contributed by atoms with Crippen molar-refractivity contribution in [1.29, 1.82) is 0 Å². The van der Waals surface area contributed by atoms with E-state index in [9.17, 15) is 14.8 Å². The van der Waals surface area contributed by atoms with E-state index in [-0.39, 0.29) is 17.3 Å². The van der Waals surface area contributed by atoms with Gasteiger partial charge in [-0.3, -0.25) is 4.79 Å². The van der Waals surface area contributed by atoms with Crippen LogP contribution in [0.5, 0.6) is 5.75 Å². The molecule has 0 heterocycles. The van der Waals surface area contributed by atoms with E-state index >= 15 is 0 Å². The number of phenolic OH excluding ortho intramolecular Hbond substituents is 1. The molecule has 0 spiro atoms. The fourth-order valence-electron chi connectivity index (χ4n) is 2.64. The molecule has 0 atom stereocenters. The molecule has 3 aromatic carbocycles. The van der Waals surface area contributed by atoms with Crippen LogP contribution in [0.1, 0.15) is 20.8 Å². The van der Waals surface area contributed by atoms with Crippen LogP contribution < -0.4 is 5.32 Å². The fourth-order valence-corrected chi connectivity index (χ4v) is 2.64. The van der Waals surface area contributed by atoms with E-state index in [1.54, 1.807) is 24.3 Å². The number of hydrogen-bond acceptors (Lipinski definition) is 4. The number of carbonyl (C=O) groups excluding carboxylic acids is 1. The van der Waals surface area contributed by atoms with Crippen molar-refractivity contribution in [2.75, 3.05) is 5.32 Å². The molecule has 1 amide bonds. The highest BCUT2D eigenvalue weighted by Crippen LogP contribution is 2.43. The van der Waals surface area contributed by atoms with Crippen LogP contribution in [0.25, 0.3) is 21.5 Å². The lowest BCUT2D eigenvalue weighted by atomic mass is 9.95. The van der Waals surface area contributed by atoms with Crippen LogP contribution in [-0.2, 0) is 4.79 Å². The first-order chi connectivity index (χ1) is 11.3. The topological polar surface area (TPSA) is 78.8 Å². The molecule has 5 heteroatoms. The molecule has 2 N–H and O–H groups in total. The molecule has 122 valence electrons. The van der Waals surface area contributed by atoms with Crippen molar-refractivity contribution in [3.05, 3.63) is 47.4 Å². The summed E-state index contributed by atoms with van der Waals surface area (Å²) < 4.78 is 0. The highest BCUT2D eigenvalue weighted by molar-refractivity contribution is 6.16. The number of nitroso groups, excluding NO2 is 1. The fraction of sp³-hybridized carbons (Fsp3) is 0.211. The summed E-state index contributed by atoms with van der Waals surface area (Å²) in [4.78, 5) is 23.4. The van der Waals surface area contributed by atoms with Crippen molar-refractivity contribution in [2.45, 2.75) is 20.8 Å². The average molecular weight is 322 g/mol. The van der Waals surface area contributed by atoms with Crippen molar-refractivity contribution < 1.29 is 9.90 Å². The number of rotatable bonds is 2. The summed E-state index contributed by atoms with van der Waals surface area (Å²) in [5, 5.41) is 18.9. The van der Waals surface area contributed by atoms with Crippen LogP contribution in [-0.4, -0.2) is 11.0 Å². The van der Waals surface area contributed by atoms with Gasteiger partial charge in [-0.2, -0.15) is 0 Å². The summed E-state index contributed by atoms with van der Waals surface area (Å²) in [7, 11) is 0. The van der Waals surface area contributed by atoms with Crippen molar-refractivity contribution in [2.24, 2.45) is 10.6 Å². The maximum atomic E-state index is 12.2. The Morgan fingerprint density at radius 2 is 1.62 bits per heavy atom. The Morgan fingerprint density at radius 3 is 2.25 bits per heavy atom. The summed E-state index contributed by atoms with van der Waals surface area (Å²) in [6, 6.07) is 12.5. The van der Waals surface area contributed by atoms with E-state index in [1.807, 2.05) is 39.0 Å². The van der Waals surface area contributed by atoms with Crippen LogP contribution in [0.3, 0.4) is 0 Å². The quantitative estimate of drug-likeness (QED) is 0.510. The van der Waals surface area contributed by atoms with E-state index in [1.165, 1.54) is 0 Å². The Bertz CT molecular complexity index is 972. The molecule has 3 aromatic rings. The van der Waals surface area contributed by atoms with Crippen LogP contribution in [0.15, 0.2) is 47.6 Å². The van der Waals surface area contributed by atoms with Gasteiger partial charge in [0.25, 0.3) is 0 Å². The molecule has 0 saturated carbocycles. The molecular weight excluding hydrogens is 304 g/mol. The monoisotopic (exact) mass is 322 g/mol. The number of benzene rings is 3. The largest absolute Gasteiger partial charge is 0.505 e. The molecule has 24 heavy (non-hydrogen) atoms. The van der Waals surface area contributed by atoms with Gasteiger partial charge in [0.2, 0.25) is 5.91 Å². The molecule has 3 rings (SSSR count). The molecule has 0 aliphatic heterocycles. The molecule has 0 aromatic heterocycles. The van der Waals surface area contributed by atoms with Gasteiger partial charge in [0.05, 0.1) is 0 Å². The highest BCUT2D eigenvalue weighted by atomic mass is 16.3. The number of nitrogens with zero attached hydrogens (tertiary/aromatic N) is 1. The molecule has 0 aliphatic carbocycles. The van der Waals surface area contributed by atoms with E-state index < -0.39 is 5.41 Å². The lowest BCUT2D eigenvalue weighted by Crippen LogP contribution is -2.27. The van der Waals surface area contributed by atoms with Crippen LogP contribution in [0.2, 0.25) is 0 Å². The van der Waals surface area contributed by atoms with Gasteiger partial charge in [-0.05, 0) is 28.1 Å². The highest BCUT2D eigenvalue weighted by Gasteiger charge is 2.22. The maximum absolute atomic E-state index is 12.2. The zero-order chi connectivity index (χ0) is 17.5. The summed E-state index contributed by atoms with van der Waals surface area (Å²) >= 11 is 0. The van der Waals surface area contributed by atoms with Gasteiger partial charge in [-0.15, -0.1) is 4.91 Å². The molecular formula is C19H18N2O3. The first-order valence-corrected chi connectivity index (χ1v) is 7.65. The Balaban J connectivity index is 2.24. The second kappa shape index (κ2) is 5.60. The zero-order valence-electron chi connectivity index (χ0n) is 13.8. The van der Waals surface area contributed by atoms with E-state index in [0.717, 1.165) is 10.8 Å². The standard InChI is InChI=1S/C19H18N2O3/c1-19(2,3)18(23)20-11-8-9-13-12-6-4-5-7-14(12)17(22)16(21-24)15(13)10-11/h4-10,22H,1-3H3,(H,20,23). The maximum Gasteiger partial charge on any atom is 0.229 e. The summed E-state index contributed by atoms with van der Waals surface area (Å²) in [5.41, 5.74) is 0.00391. The lowest BCUT2D eigenvalue weighted by molar-refractivity contribution is -0.123. The third kappa shape index (κ3) is 2.58. The van der Waals surface area contributed by atoms with Crippen molar-refractivity contribution >= 4 is 38.8 Å². The van der Waals surface area contributed by atoms with Gasteiger partial charge >= 0.3 is 0 Å². The first kappa shape index (κ1) is 15.9. The lowest BCUT2D eigenvalue weighted by Gasteiger charge is -2.18. The van der Waals surface area contributed by atoms with Gasteiger partial charge in [0, 0.05) is 21.9 Å². The van der Waals surface area contributed by atoms with Gasteiger partial charge in [0.1, 0.15) is 0 Å². The number of nitrogens with one attached hydrogen (secondary N) is 1. The first-order valence-electron chi connectivity index (χ1n) is 7.65. The zero-order valence-corrected chi connectivity index (χ0v) is 13.8. The molecule has 5 nitrogen and oxygen atoms in total. The Kier molecular flexibility index (Phi) is 3.72. The van der Waals surface area contributed by atoms with E-state index in [0.29, 0.717) is 16.5 Å². The Labute approximate surface area is 139 Å².